The normalized spacial score (nSPS) is 19.9. The number of benzene rings is 1. The van der Waals surface area contributed by atoms with Crippen LogP contribution in [0.15, 0.2) is 34.1 Å². The number of fused-ring (bicyclic) bond motifs is 5. The van der Waals surface area contributed by atoms with Crippen molar-refractivity contribution in [2.45, 2.75) is 115 Å². The number of amides is 1. The van der Waals surface area contributed by atoms with E-state index in [0.717, 1.165) is 80.2 Å². The number of ether oxygens (including phenoxy) is 2. The molecule has 1 saturated carbocycles. The number of hydrogen-bond donors (Lipinski definition) is 3. The largest absolute Gasteiger partial charge is 0.480 e. The number of nitrogens with two attached hydrogens (primary N) is 1. The second-order valence-corrected chi connectivity index (χ2v) is 14.6. The second kappa shape index (κ2) is 14.7. The summed E-state index contributed by atoms with van der Waals surface area (Å²) in [4.78, 5) is 78.4. The molecule has 14 nitrogen and oxygen atoms in total. The van der Waals surface area contributed by atoms with E-state index in [1.54, 1.807) is 17.6 Å². The van der Waals surface area contributed by atoms with E-state index in [-0.39, 0.29) is 36.6 Å². The fourth-order valence-corrected chi connectivity index (χ4v) is 8.33. The Bertz CT molecular complexity index is 2070. The summed E-state index contributed by atoms with van der Waals surface area (Å²) in [6.45, 7) is 4.41. The van der Waals surface area contributed by atoms with Crippen molar-refractivity contribution in [2.24, 2.45) is 16.6 Å². The van der Waals surface area contributed by atoms with Crippen molar-refractivity contribution in [1.29, 1.82) is 0 Å². The lowest BCUT2D eigenvalue weighted by Crippen LogP contribution is -2.51. The summed E-state index contributed by atoms with van der Waals surface area (Å²) in [7, 11) is 0. The van der Waals surface area contributed by atoms with Gasteiger partial charge in [0.05, 0.1) is 64.6 Å². The average molecular weight is 727 g/mol. The first-order valence-electron chi connectivity index (χ1n) is 18.8. The number of carboxylic acid groups (broad SMARTS) is 1. The van der Waals surface area contributed by atoms with Crippen LogP contribution in [0, 0.1) is 5.92 Å². The first-order valence-corrected chi connectivity index (χ1v) is 18.8. The molecule has 7 rings (SSSR count). The second-order valence-electron chi connectivity index (χ2n) is 14.6. The number of esters is 2. The van der Waals surface area contributed by atoms with Gasteiger partial charge in [0.15, 0.2) is 0 Å². The molecule has 53 heavy (non-hydrogen) atoms. The molecule has 2 aromatic heterocycles. The number of hydrogen-bond acceptors (Lipinski definition) is 11. The highest BCUT2D eigenvalue weighted by Crippen LogP contribution is 2.47. The minimum absolute atomic E-state index is 0.0991. The number of carbonyl (C=O) groups is 4. The van der Waals surface area contributed by atoms with Gasteiger partial charge in [0, 0.05) is 17.7 Å². The lowest BCUT2D eigenvalue weighted by atomic mass is 9.85. The third-order valence-electron chi connectivity index (χ3n) is 11.2. The Kier molecular flexibility index (Phi) is 10.1. The molecule has 0 spiro atoms. The number of cyclic esters (lactones) is 1. The molecule has 3 aliphatic heterocycles. The van der Waals surface area contributed by atoms with Crippen LogP contribution in [0.3, 0.4) is 0 Å². The highest BCUT2D eigenvalue weighted by atomic mass is 16.6. The number of aliphatic imine (C=N–C) groups is 1. The van der Waals surface area contributed by atoms with Gasteiger partial charge in [-0.05, 0) is 43.4 Å². The number of aliphatic carboxylic acids is 1. The van der Waals surface area contributed by atoms with Crippen LogP contribution < -0.4 is 21.5 Å². The van der Waals surface area contributed by atoms with Crippen LogP contribution in [0.1, 0.15) is 101 Å². The van der Waals surface area contributed by atoms with Gasteiger partial charge in [0.2, 0.25) is 11.5 Å². The molecule has 0 unspecified atom stereocenters. The van der Waals surface area contributed by atoms with Gasteiger partial charge in [0.1, 0.15) is 12.6 Å². The predicted molar refractivity (Wildman–Crippen MR) is 197 cm³/mol. The molecule has 1 amide bonds. The van der Waals surface area contributed by atoms with Crippen LogP contribution in [0.5, 0.6) is 0 Å². The van der Waals surface area contributed by atoms with Crippen molar-refractivity contribution in [3.8, 4) is 11.4 Å². The number of unbranched alkanes of at least 4 members (excludes halogenated alkanes) is 2. The van der Waals surface area contributed by atoms with E-state index in [2.05, 4.69) is 17.1 Å². The van der Waals surface area contributed by atoms with E-state index in [9.17, 15) is 29.1 Å². The number of carboxylic acids is 1. The maximum atomic E-state index is 14.3. The molecule has 3 atom stereocenters. The van der Waals surface area contributed by atoms with E-state index in [4.69, 9.17) is 25.2 Å². The van der Waals surface area contributed by atoms with Gasteiger partial charge in [-0.25, -0.2) is 19.6 Å². The van der Waals surface area contributed by atoms with Gasteiger partial charge in [-0.3, -0.25) is 14.4 Å². The Morgan fingerprint density at radius 3 is 2.66 bits per heavy atom. The van der Waals surface area contributed by atoms with Crippen LogP contribution >= 0.6 is 0 Å². The number of aromatic nitrogens is 2. The number of rotatable bonds is 13. The summed E-state index contributed by atoms with van der Waals surface area (Å²) in [5.41, 5.74) is 8.37. The zero-order valence-electron chi connectivity index (χ0n) is 30.2. The summed E-state index contributed by atoms with van der Waals surface area (Å²) in [5, 5.41) is 13.2. The monoisotopic (exact) mass is 726 g/mol. The Labute approximate surface area is 306 Å². The van der Waals surface area contributed by atoms with Gasteiger partial charge in [-0.2, -0.15) is 0 Å². The van der Waals surface area contributed by atoms with Gasteiger partial charge >= 0.3 is 17.9 Å². The van der Waals surface area contributed by atoms with Crippen molar-refractivity contribution >= 4 is 52.4 Å². The summed E-state index contributed by atoms with van der Waals surface area (Å²) in [5.74, 6) is -3.78. The summed E-state index contributed by atoms with van der Waals surface area (Å²) in [6, 6.07) is 4.82. The number of anilines is 1. The van der Waals surface area contributed by atoms with Crippen LogP contribution in [0.4, 0.5) is 11.4 Å². The minimum atomic E-state index is -2.04. The molecule has 1 fully saturated rings. The summed E-state index contributed by atoms with van der Waals surface area (Å²) < 4.78 is 13.0. The third-order valence-corrected chi connectivity index (χ3v) is 11.2. The van der Waals surface area contributed by atoms with Crippen LogP contribution in [-0.4, -0.2) is 63.4 Å². The van der Waals surface area contributed by atoms with Gasteiger partial charge in [0.25, 0.3) is 5.56 Å². The molecular weight excluding hydrogens is 680 g/mol. The molecular formula is C39H46N6O8. The fraction of sp³-hybridized carbons (Fsp3) is 0.513. The molecule has 0 radical (unpaired) electrons. The maximum absolute atomic E-state index is 14.3. The quantitative estimate of drug-likeness (QED) is 0.129. The van der Waals surface area contributed by atoms with Crippen LogP contribution in [0.2, 0.25) is 0 Å². The Hall–Kier alpha value is -5.11. The number of nitrogens with one attached hydrogen (secondary N) is 1. The Morgan fingerprint density at radius 2 is 1.92 bits per heavy atom. The lowest BCUT2D eigenvalue weighted by Gasteiger charge is -2.36. The van der Waals surface area contributed by atoms with Crippen molar-refractivity contribution < 1.29 is 33.8 Å². The Morgan fingerprint density at radius 1 is 1.13 bits per heavy atom. The van der Waals surface area contributed by atoms with Crippen molar-refractivity contribution in [3.05, 3.63) is 51.3 Å². The topological polar surface area (TPSA) is 196 Å². The molecule has 0 saturated heterocycles. The molecule has 3 aromatic rings. The Balaban J connectivity index is 1.20. The summed E-state index contributed by atoms with van der Waals surface area (Å²) in [6.07, 6.45) is 9.64. The lowest BCUT2D eigenvalue weighted by molar-refractivity contribution is -0.190. The SMILES string of the molecule is CCCCCN1C=Nc2cccc3nc4c(c1c23)Cn1c-4cc2c(c1=O)COC(=O)[C@@]2(CC)OC(=O)C[C@@H](NC(=O)[C@@H](N)CC1CCCCC1)C(=O)O. The van der Waals surface area contributed by atoms with Crippen molar-refractivity contribution in [3.63, 3.8) is 0 Å². The number of pyridine rings is 2. The molecule has 4 N–H and O–H groups in total. The van der Waals surface area contributed by atoms with Crippen LogP contribution in [-0.2, 0) is 47.4 Å². The molecule has 14 heteroatoms. The first kappa shape index (κ1) is 36.3. The maximum Gasteiger partial charge on any atom is 0.355 e. The zero-order valence-corrected chi connectivity index (χ0v) is 30.2. The van der Waals surface area contributed by atoms with E-state index < -0.39 is 53.5 Å². The molecule has 0 bridgehead atoms. The first-order chi connectivity index (χ1) is 25.6. The predicted octanol–water partition coefficient (Wildman–Crippen LogP) is 4.56. The van der Waals surface area contributed by atoms with Gasteiger partial charge in [-0.15, -0.1) is 0 Å². The van der Waals surface area contributed by atoms with E-state index in [1.807, 2.05) is 24.5 Å². The van der Waals surface area contributed by atoms with Crippen LogP contribution in [0.25, 0.3) is 22.3 Å². The molecule has 1 aliphatic carbocycles. The molecule has 280 valence electrons. The van der Waals surface area contributed by atoms with E-state index in [0.29, 0.717) is 23.3 Å². The standard InChI is InChI=1S/C39H46N6O8/c1-3-5-9-15-44-21-41-27-13-10-14-28-32(27)34(44)23-19-45-30(33(23)42-28)17-25-24(36(45)48)20-52-38(51)39(25,4-2)53-31(46)18-29(37(49)50)43-35(47)26(40)16-22-11-7-6-8-12-22/h10,13-14,17,21-22,26,29H,3-9,11-12,15-16,18-20,40H2,1-2H3,(H,43,47)(H,49,50)/t26-,29+,39-/m0/s1. The fourth-order valence-electron chi connectivity index (χ4n) is 8.33. The van der Waals surface area contributed by atoms with E-state index in [1.165, 1.54) is 0 Å². The highest BCUT2D eigenvalue weighted by Gasteiger charge is 2.51. The number of nitrogens with zero attached hydrogens (tertiary/aromatic N) is 4. The third kappa shape index (κ3) is 6.57. The van der Waals surface area contributed by atoms with Crippen molar-refractivity contribution in [2.75, 3.05) is 11.4 Å². The molecule has 1 aromatic carbocycles. The molecule has 4 aliphatic rings. The van der Waals surface area contributed by atoms with E-state index >= 15 is 0 Å². The molecule has 5 heterocycles. The summed E-state index contributed by atoms with van der Waals surface area (Å²) >= 11 is 0. The van der Waals surface area contributed by atoms with Crippen molar-refractivity contribution in [1.82, 2.24) is 14.9 Å². The minimum Gasteiger partial charge on any atom is -0.480 e. The van der Waals surface area contributed by atoms with Gasteiger partial charge in [-0.1, -0.05) is 64.9 Å². The zero-order chi connectivity index (χ0) is 37.4. The highest BCUT2D eigenvalue weighted by molar-refractivity contribution is 6.11. The number of carbonyl (C=O) groups excluding carboxylic acids is 3. The smallest absolute Gasteiger partial charge is 0.355 e. The van der Waals surface area contributed by atoms with Gasteiger partial charge < -0.3 is 35.1 Å². The average Bonchev–Trinajstić information content (AvgIpc) is 3.52.